The van der Waals surface area contributed by atoms with Crippen LogP contribution < -0.4 is 5.32 Å². The Bertz CT molecular complexity index is 444. The van der Waals surface area contributed by atoms with Crippen LogP contribution in [-0.4, -0.2) is 11.8 Å². The molecule has 1 atom stereocenters. The van der Waals surface area contributed by atoms with Crippen LogP contribution in [0.3, 0.4) is 0 Å². The normalized spacial score (nSPS) is 25.5. The molecule has 0 aliphatic carbocycles. The number of rotatable bonds is 1. The molecule has 0 radical (unpaired) electrons. The molecular formula is C11H10ClNO2. The summed E-state index contributed by atoms with van der Waals surface area (Å²) in [5, 5.41) is 2.87. The summed E-state index contributed by atoms with van der Waals surface area (Å²) in [4.78, 5) is 22.8. The minimum atomic E-state index is -0.776. The third-order valence-electron chi connectivity index (χ3n) is 2.73. The van der Waals surface area contributed by atoms with Crippen molar-refractivity contribution in [2.75, 3.05) is 0 Å². The molecule has 15 heavy (non-hydrogen) atoms. The number of carbonyl (C=O) groups excluding carboxylic acids is 2. The van der Waals surface area contributed by atoms with E-state index in [1.165, 1.54) is 0 Å². The lowest BCUT2D eigenvalue weighted by molar-refractivity contribution is -0.126. The SMILES string of the molecule is CC1(c2cccc(Cl)c2)CC(=O)NC1=O. The van der Waals surface area contributed by atoms with E-state index in [1.807, 2.05) is 6.07 Å². The zero-order valence-electron chi connectivity index (χ0n) is 8.21. The van der Waals surface area contributed by atoms with Crippen LogP contribution in [0.2, 0.25) is 5.02 Å². The predicted molar refractivity (Wildman–Crippen MR) is 56.6 cm³/mol. The second-order valence-electron chi connectivity index (χ2n) is 3.90. The molecule has 0 saturated carbocycles. The highest BCUT2D eigenvalue weighted by Gasteiger charge is 2.43. The van der Waals surface area contributed by atoms with Gasteiger partial charge in [-0.05, 0) is 24.6 Å². The maximum absolute atomic E-state index is 11.6. The molecule has 1 heterocycles. The molecule has 3 nitrogen and oxygen atoms in total. The van der Waals surface area contributed by atoms with E-state index in [-0.39, 0.29) is 18.2 Å². The molecule has 4 heteroatoms. The van der Waals surface area contributed by atoms with Gasteiger partial charge in [-0.3, -0.25) is 14.9 Å². The topological polar surface area (TPSA) is 46.2 Å². The van der Waals surface area contributed by atoms with E-state index in [1.54, 1.807) is 25.1 Å². The standard InChI is InChI=1S/C11H10ClNO2/c1-11(6-9(14)13-10(11)15)7-3-2-4-8(12)5-7/h2-5H,6H2,1H3,(H,13,14,15). The summed E-state index contributed by atoms with van der Waals surface area (Å²) < 4.78 is 0. The van der Waals surface area contributed by atoms with Gasteiger partial charge >= 0.3 is 0 Å². The Kier molecular flexibility index (Phi) is 2.27. The molecule has 78 valence electrons. The van der Waals surface area contributed by atoms with Crippen molar-refractivity contribution in [1.29, 1.82) is 0 Å². The third-order valence-corrected chi connectivity index (χ3v) is 2.97. The summed E-state index contributed by atoms with van der Waals surface area (Å²) in [7, 11) is 0. The lowest BCUT2D eigenvalue weighted by atomic mass is 9.81. The molecule has 0 bridgehead atoms. The molecule has 0 spiro atoms. The molecule has 1 N–H and O–H groups in total. The molecular weight excluding hydrogens is 214 g/mol. The first-order valence-electron chi connectivity index (χ1n) is 4.63. The molecule has 1 aromatic carbocycles. The van der Waals surface area contributed by atoms with Gasteiger partial charge in [-0.15, -0.1) is 0 Å². The second kappa shape index (κ2) is 3.35. The number of amides is 2. The molecule has 1 saturated heterocycles. The molecule has 2 amide bonds. The monoisotopic (exact) mass is 223 g/mol. The highest BCUT2D eigenvalue weighted by atomic mass is 35.5. The van der Waals surface area contributed by atoms with E-state index in [4.69, 9.17) is 11.6 Å². The average molecular weight is 224 g/mol. The fourth-order valence-electron chi connectivity index (χ4n) is 1.78. The number of hydrogen-bond donors (Lipinski definition) is 1. The Labute approximate surface area is 92.4 Å². The van der Waals surface area contributed by atoms with Crippen molar-refractivity contribution >= 4 is 23.4 Å². The lowest BCUT2D eigenvalue weighted by Crippen LogP contribution is -2.32. The number of benzene rings is 1. The van der Waals surface area contributed by atoms with Crippen LogP contribution in [0.25, 0.3) is 0 Å². The first-order valence-corrected chi connectivity index (χ1v) is 5.00. The second-order valence-corrected chi connectivity index (χ2v) is 4.33. The van der Waals surface area contributed by atoms with Gasteiger partial charge in [0, 0.05) is 11.4 Å². The van der Waals surface area contributed by atoms with Gasteiger partial charge in [0.2, 0.25) is 11.8 Å². The van der Waals surface area contributed by atoms with Crippen LogP contribution in [-0.2, 0) is 15.0 Å². The van der Waals surface area contributed by atoms with Gasteiger partial charge in [-0.25, -0.2) is 0 Å². The largest absolute Gasteiger partial charge is 0.296 e. The van der Waals surface area contributed by atoms with E-state index >= 15 is 0 Å². The number of hydrogen-bond acceptors (Lipinski definition) is 2. The summed E-state index contributed by atoms with van der Waals surface area (Å²) in [6.07, 6.45) is 0.187. The Morgan fingerprint density at radius 1 is 1.40 bits per heavy atom. The maximum atomic E-state index is 11.6. The van der Waals surface area contributed by atoms with Gasteiger partial charge in [0.05, 0.1) is 5.41 Å². The predicted octanol–water partition coefficient (Wildman–Crippen LogP) is 1.64. The van der Waals surface area contributed by atoms with E-state index in [9.17, 15) is 9.59 Å². The highest BCUT2D eigenvalue weighted by molar-refractivity contribution is 6.30. The van der Waals surface area contributed by atoms with Crippen LogP contribution in [0.1, 0.15) is 18.9 Å². The lowest BCUT2D eigenvalue weighted by Gasteiger charge is -2.19. The smallest absolute Gasteiger partial charge is 0.237 e. The molecule has 1 aromatic rings. The fraction of sp³-hybridized carbons (Fsp3) is 0.273. The Morgan fingerprint density at radius 3 is 2.67 bits per heavy atom. The number of imide groups is 1. The third kappa shape index (κ3) is 1.63. The number of carbonyl (C=O) groups is 2. The van der Waals surface area contributed by atoms with E-state index in [2.05, 4.69) is 5.32 Å². The zero-order valence-corrected chi connectivity index (χ0v) is 8.97. The highest BCUT2D eigenvalue weighted by Crippen LogP contribution is 2.32. The van der Waals surface area contributed by atoms with Gasteiger partial charge in [0.25, 0.3) is 0 Å². The summed E-state index contributed by atoms with van der Waals surface area (Å²) in [6, 6.07) is 7.05. The number of nitrogens with one attached hydrogen (secondary N) is 1. The van der Waals surface area contributed by atoms with Crippen LogP contribution in [0.5, 0.6) is 0 Å². The Morgan fingerprint density at radius 2 is 2.13 bits per heavy atom. The van der Waals surface area contributed by atoms with Crippen molar-refractivity contribution in [3.05, 3.63) is 34.9 Å². The van der Waals surface area contributed by atoms with Gasteiger partial charge in [-0.2, -0.15) is 0 Å². The number of halogens is 1. The first-order chi connectivity index (χ1) is 7.02. The molecule has 1 unspecified atom stereocenters. The van der Waals surface area contributed by atoms with Crippen molar-refractivity contribution in [3.8, 4) is 0 Å². The summed E-state index contributed by atoms with van der Waals surface area (Å²) in [5.41, 5.74) is 0.000440. The van der Waals surface area contributed by atoms with E-state index < -0.39 is 5.41 Å². The minimum Gasteiger partial charge on any atom is -0.296 e. The van der Waals surface area contributed by atoms with Crippen molar-refractivity contribution < 1.29 is 9.59 Å². The molecule has 2 rings (SSSR count). The maximum Gasteiger partial charge on any atom is 0.237 e. The van der Waals surface area contributed by atoms with Crippen LogP contribution in [0.15, 0.2) is 24.3 Å². The van der Waals surface area contributed by atoms with Gasteiger partial charge in [0.1, 0.15) is 0 Å². The van der Waals surface area contributed by atoms with Crippen molar-refractivity contribution in [1.82, 2.24) is 5.32 Å². The van der Waals surface area contributed by atoms with Crippen molar-refractivity contribution in [2.24, 2.45) is 0 Å². The molecule has 0 aromatic heterocycles. The van der Waals surface area contributed by atoms with E-state index in [0.29, 0.717) is 5.02 Å². The molecule has 1 aliphatic heterocycles. The van der Waals surface area contributed by atoms with Gasteiger partial charge in [0.15, 0.2) is 0 Å². The van der Waals surface area contributed by atoms with Crippen LogP contribution >= 0.6 is 11.6 Å². The average Bonchev–Trinajstić information content (AvgIpc) is 2.42. The van der Waals surface area contributed by atoms with Gasteiger partial charge in [-0.1, -0.05) is 23.7 Å². The molecule has 1 aliphatic rings. The van der Waals surface area contributed by atoms with Crippen molar-refractivity contribution in [2.45, 2.75) is 18.8 Å². The summed E-state index contributed by atoms with van der Waals surface area (Å²) >= 11 is 5.85. The van der Waals surface area contributed by atoms with E-state index in [0.717, 1.165) is 5.56 Å². The quantitative estimate of drug-likeness (QED) is 0.736. The van der Waals surface area contributed by atoms with Crippen molar-refractivity contribution in [3.63, 3.8) is 0 Å². The summed E-state index contributed by atoms with van der Waals surface area (Å²) in [5.74, 6) is -0.489. The Hall–Kier alpha value is -1.35. The fourth-order valence-corrected chi connectivity index (χ4v) is 1.97. The minimum absolute atomic E-state index is 0.187. The summed E-state index contributed by atoms with van der Waals surface area (Å²) in [6.45, 7) is 1.75. The zero-order chi connectivity index (χ0) is 11.1. The molecule has 1 fully saturated rings. The first kappa shape index (κ1) is 10.2. The van der Waals surface area contributed by atoms with Crippen LogP contribution in [0, 0.1) is 0 Å². The van der Waals surface area contributed by atoms with Gasteiger partial charge < -0.3 is 0 Å². The Balaban J connectivity index is 2.46. The van der Waals surface area contributed by atoms with Crippen LogP contribution in [0.4, 0.5) is 0 Å².